The minimum absolute atomic E-state index is 0.101. The van der Waals surface area contributed by atoms with E-state index in [9.17, 15) is 14.7 Å². The Balaban J connectivity index is 2.02. The van der Waals surface area contributed by atoms with Gasteiger partial charge in [-0.15, -0.1) is 0 Å². The fourth-order valence-electron chi connectivity index (χ4n) is 3.43. The summed E-state index contributed by atoms with van der Waals surface area (Å²) in [5.74, 6) is -1.96. The van der Waals surface area contributed by atoms with Crippen LogP contribution in [0.4, 0.5) is 0 Å². The molecule has 0 aliphatic carbocycles. The zero-order valence-electron chi connectivity index (χ0n) is 14.6. The molecule has 1 aromatic rings. The molecule has 2 rings (SSSR count). The van der Waals surface area contributed by atoms with Crippen LogP contribution in [0.25, 0.3) is 0 Å². The molecule has 1 aliphatic heterocycles. The Morgan fingerprint density at radius 3 is 2.54 bits per heavy atom. The molecule has 1 fully saturated rings. The molecule has 1 amide bonds. The van der Waals surface area contributed by atoms with Crippen LogP contribution in [0.1, 0.15) is 18.4 Å². The molecule has 3 atom stereocenters. The highest BCUT2D eigenvalue weighted by molar-refractivity contribution is 6.40. The first-order valence-electron chi connectivity index (χ1n) is 8.70. The number of rotatable bonds is 8. The molecule has 0 saturated carbocycles. The highest BCUT2D eigenvalue weighted by Gasteiger charge is 2.50. The molecule has 9 heteroatoms. The van der Waals surface area contributed by atoms with Gasteiger partial charge in [0.2, 0.25) is 5.91 Å². The van der Waals surface area contributed by atoms with Crippen molar-refractivity contribution in [1.82, 2.24) is 4.90 Å². The van der Waals surface area contributed by atoms with E-state index < -0.39 is 30.6 Å². The number of amides is 1. The van der Waals surface area contributed by atoms with Crippen LogP contribution in [-0.4, -0.2) is 63.7 Å². The summed E-state index contributed by atoms with van der Waals surface area (Å²) in [4.78, 5) is 25.7. The zero-order valence-corrected chi connectivity index (χ0v) is 14.6. The smallest absolute Gasteiger partial charge is 0.451 e. The maximum atomic E-state index is 12.7. The molecule has 0 spiro atoms. The van der Waals surface area contributed by atoms with Gasteiger partial charge in [0, 0.05) is 19.0 Å². The molecule has 0 unspecified atom stereocenters. The average Bonchev–Trinajstić information content (AvgIpc) is 2.93. The van der Waals surface area contributed by atoms with Gasteiger partial charge < -0.3 is 31.5 Å². The van der Waals surface area contributed by atoms with E-state index in [1.807, 2.05) is 30.3 Å². The van der Waals surface area contributed by atoms with Crippen molar-refractivity contribution in [1.29, 1.82) is 0 Å². The van der Waals surface area contributed by atoms with Crippen molar-refractivity contribution in [2.45, 2.75) is 37.2 Å². The molecule has 1 saturated heterocycles. The second kappa shape index (κ2) is 8.63. The average molecular weight is 363 g/mol. The minimum atomic E-state index is -1.55. The molecular formula is C17H26BN3O5. The summed E-state index contributed by atoms with van der Waals surface area (Å²) in [6.45, 7) is 0.0989. The van der Waals surface area contributed by atoms with E-state index in [1.54, 1.807) is 0 Å². The molecule has 7 N–H and O–H groups in total. The lowest BCUT2D eigenvalue weighted by molar-refractivity contribution is -0.144. The summed E-state index contributed by atoms with van der Waals surface area (Å²) in [6, 6.07) is 8.59. The predicted octanol–water partition coefficient (Wildman–Crippen LogP) is -0.950. The van der Waals surface area contributed by atoms with Crippen LogP contribution in [0.15, 0.2) is 30.3 Å². The van der Waals surface area contributed by atoms with Crippen LogP contribution < -0.4 is 11.5 Å². The third kappa shape index (κ3) is 4.82. The number of carboxylic acid groups (broad SMARTS) is 1. The number of carboxylic acids is 1. The van der Waals surface area contributed by atoms with E-state index in [2.05, 4.69) is 0 Å². The first-order valence-corrected chi connectivity index (χ1v) is 8.70. The highest BCUT2D eigenvalue weighted by Crippen LogP contribution is 2.31. The predicted molar refractivity (Wildman–Crippen MR) is 97.0 cm³/mol. The second-order valence-corrected chi connectivity index (χ2v) is 6.97. The summed E-state index contributed by atoms with van der Waals surface area (Å²) in [5.41, 5.74) is 11.5. The molecule has 1 aliphatic rings. The largest absolute Gasteiger partial charge is 0.480 e. The summed E-state index contributed by atoms with van der Waals surface area (Å²) in [5, 5.41) is 27.4. The Morgan fingerprint density at radius 2 is 1.96 bits per heavy atom. The Hall–Kier alpha value is -1.94. The number of nitrogens with two attached hydrogens (primary N) is 2. The maximum Gasteiger partial charge on any atom is 0.451 e. The molecule has 0 radical (unpaired) electrons. The number of aliphatic carboxylic acids is 1. The molecule has 0 bridgehead atoms. The first-order chi connectivity index (χ1) is 12.2. The summed E-state index contributed by atoms with van der Waals surface area (Å²) < 4.78 is 0. The van der Waals surface area contributed by atoms with Crippen molar-refractivity contribution in [2.75, 3.05) is 13.1 Å². The number of carbonyl (C=O) groups is 2. The molecule has 0 aromatic heterocycles. The van der Waals surface area contributed by atoms with Crippen LogP contribution >= 0.6 is 0 Å². The van der Waals surface area contributed by atoms with E-state index in [4.69, 9.17) is 21.5 Å². The third-order valence-corrected chi connectivity index (χ3v) is 4.96. The van der Waals surface area contributed by atoms with Gasteiger partial charge >= 0.3 is 13.1 Å². The Bertz CT molecular complexity index is 630. The van der Waals surface area contributed by atoms with E-state index in [0.29, 0.717) is 19.3 Å². The molecule has 1 heterocycles. The Kier molecular flexibility index (Phi) is 6.77. The van der Waals surface area contributed by atoms with Crippen LogP contribution in [0.3, 0.4) is 0 Å². The van der Waals surface area contributed by atoms with Crippen molar-refractivity contribution < 1.29 is 24.7 Å². The van der Waals surface area contributed by atoms with Crippen molar-refractivity contribution >= 4 is 19.0 Å². The fourth-order valence-corrected chi connectivity index (χ4v) is 3.43. The van der Waals surface area contributed by atoms with Crippen molar-refractivity contribution in [2.24, 2.45) is 17.4 Å². The van der Waals surface area contributed by atoms with E-state index in [-0.39, 0.29) is 25.3 Å². The molecular weight excluding hydrogens is 337 g/mol. The highest BCUT2D eigenvalue weighted by atomic mass is 16.4. The Morgan fingerprint density at radius 1 is 1.31 bits per heavy atom. The zero-order chi connectivity index (χ0) is 19.3. The van der Waals surface area contributed by atoms with Crippen LogP contribution in [-0.2, 0) is 16.0 Å². The monoisotopic (exact) mass is 363 g/mol. The number of likely N-dealkylation sites (tertiary alicyclic amines) is 1. The first kappa shape index (κ1) is 20.4. The van der Waals surface area contributed by atoms with Crippen molar-refractivity contribution in [3.8, 4) is 0 Å². The number of benzene rings is 1. The number of nitrogens with zero attached hydrogens (tertiary/aromatic N) is 1. The van der Waals surface area contributed by atoms with Gasteiger partial charge in [-0.05, 0) is 24.7 Å². The molecule has 1 aromatic carbocycles. The lowest BCUT2D eigenvalue weighted by atomic mass is 9.78. The van der Waals surface area contributed by atoms with Crippen LogP contribution in [0, 0.1) is 5.92 Å². The number of hydrogen-bond donors (Lipinski definition) is 5. The quantitative estimate of drug-likeness (QED) is 0.374. The van der Waals surface area contributed by atoms with Gasteiger partial charge in [0.1, 0.15) is 5.54 Å². The summed E-state index contributed by atoms with van der Waals surface area (Å²) >= 11 is 0. The lowest BCUT2D eigenvalue weighted by Gasteiger charge is -2.25. The lowest BCUT2D eigenvalue weighted by Crippen LogP contribution is -2.55. The fraction of sp³-hybridized carbons (Fsp3) is 0.529. The SMILES string of the molecule is N[C@@H](Cc1ccccc1)C(=O)N1C[C@H](CCCB(O)O)[C@](N)(C(=O)O)C1. The van der Waals surface area contributed by atoms with E-state index >= 15 is 0 Å². The van der Waals surface area contributed by atoms with Gasteiger partial charge in [-0.2, -0.15) is 0 Å². The standard InChI is InChI=1S/C17H26BN3O5/c19-14(9-12-5-2-1-3-6-12)15(22)21-10-13(7-4-8-18(25)26)17(20,11-21)16(23)24/h1-3,5-6,13-14,25-26H,4,7-11,19-20H2,(H,23,24)/t13-,14-,17-/m0/s1. The topological polar surface area (TPSA) is 150 Å². The third-order valence-electron chi connectivity index (χ3n) is 4.96. The van der Waals surface area contributed by atoms with Gasteiger partial charge in [0.15, 0.2) is 0 Å². The normalized spacial score (nSPS) is 23.7. The minimum Gasteiger partial charge on any atom is -0.480 e. The van der Waals surface area contributed by atoms with Gasteiger partial charge in [-0.1, -0.05) is 36.8 Å². The van der Waals surface area contributed by atoms with E-state index in [1.165, 1.54) is 4.90 Å². The van der Waals surface area contributed by atoms with Crippen molar-refractivity contribution in [3.05, 3.63) is 35.9 Å². The molecule has 142 valence electrons. The maximum absolute atomic E-state index is 12.7. The summed E-state index contributed by atoms with van der Waals surface area (Å²) in [6.07, 6.45) is 1.29. The van der Waals surface area contributed by atoms with Gasteiger partial charge in [-0.3, -0.25) is 9.59 Å². The van der Waals surface area contributed by atoms with Gasteiger partial charge in [0.05, 0.1) is 6.04 Å². The van der Waals surface area contributed by atoms with Crippen LogP contribution in [0.2, 0.25) is 6.32 Å². The van der Waals surface area contributed by atoms with Crippen LogP contribution in [0.5, 0.6) is 0 Å². The second-order valence-electron chi connectivity index (χ2n) is 6.97. The van der Waals surface area contributed by atoms with E-state index in [0.717, 1.165) is 5.56 Å². The number of hydrogen-bond acceptors (Lipinski definition) is 6. The van der Waals surface area contributed by atoms with Crippen molar-refractivity contribution in [3.63, 3.8) is 0 Å². The van der Waals surface area contributed by atoms with Gasteiger partial charge in [0.25, 0.3) is 0 Å². The number of carbonyl (C=O) groups excluding carboxylic acids is 1. The molecule has 8 nitrogen and oxygen atoms in total. The molecule has 26 heavy (non-hydrogen) atoms. The summed E-state index contributed by atoms with van der Waals surface area (Å²) in [7, 11) is -1.44. The van der Waals surface area contributed by atoms with Gasteiger partial charge in [-0.25, -0.2) is 0 Å². The Labute approximate surface area is 152 Å².